The van der Waals surface area contributed by atoms with Gasteiger partial charge in [0.25, 0.3) is 5.91 Å². The van der Waals surface area contributed by atoms with E-state index in [-0.39, 0.29) is 17.5 Å². The van der Waals surface area contributed by atoms with Crippen molar-refractivity contribution in [3.63, 3.8) is 0 Å². The summed E-state index contributed by atoms with van der Waals surface area (Å²) in [5.74, 6) is 0.0122. The molecule has 1 aromatic rings. The van der Waals surface area contributed by atoms with Gasteiger partial charge in [0.05, 0.1) is 21.2 Å². The van der Waals surface area contributed by atoms with Gasteiger partial charge in [-0.15, -0.1) is 0 Å². The number of amides is 1. The highest BCUT2D eigenvalue weighted by atomic mass is 35.5. The largest absolute Gasteiger partial charge is 0.388 e. The Kier molecular flexibility index (Phi) is 5.65. The third-order valence-electron chi connectivity index (χ3n) is 2.67. The highest BCUT2D eigenvalue weighted by Crippen LogP contribution is 2.25. The Balaban J connectivity index is 2.68. The van der Waals surface area contributed by atoms with Gasteiger partial charge in [0.1, 0.15) is 0 Å². The summed E-state index contributed by atoms with van der Waals surface area (Å²) in [7, 11) is 0. The Morgan fingerprint density at radius 2 is 2.05 bits per heavy atom. The number of hydrogen-bond acceptors (Lipinski definition) is 2. The Hall–Kier alpha value is -0.770. The molecule has 0 saturated heterocycles. The van der Waals surface area contributed by atoms with E-state index in [9.17, 15) is 9.90 Å². The summed E-state index contributed by atoms with van der Waals surface area (Å²) in [4.78, 5) is 12.0. The van der Waals surface area contributed by atoms with Crippen molar-refractivity contribution < 1.29 is 9.90 Å². The molecule has 106 valence electrons. The Morgan fingerprint density at radius 1 is 1.42 bits per heavy atom. The summed E-state index contributed by atoms with van der Waals surface area (Å²) in [6, 6.07) is 4.88. The molecular weight excluding hydrogens is 285 g/mol. The van der Waals surface area contributed by atoms with E-state index in [2.05, 4.69) is 5.32 Å². The lowest BCUT2D eigenvalue weighted by molar-refractivity contribution is 0.0368. The molecule has 2 N–H and O–H groups in total. The second-order valence-electron chi connectivity index (χ2n) is 5.38. The zero-order valence-corrected chi connectivity index (χ0v) is 12.8. The van der Waals surface area contributed by atoms with Crippen LogP contribution in [0.1, 0.15) is 37.6 Å². The number of halogens is 2. The van der Waals surface area contributed by atoms with E-state index < -0.39 is 5.60 Å². The molecule has 1 amide bonds. The summed E-state index contributed by atoms with van der Waals surface area (Å²) in [6.07, 6.45) is 0.608. The minimum Gasteiger partial charge on any atom is -0.388 e. The maximum Gasteiger partial charge on any atom is 0.252 e. The maximum atomic E-state index is 12.0. The van der Waals surface area contributed by atoms with Crippen molar-refractivity contribution in [3.05, 3.63) is 33.8 Å². The molecule has 19 heavy (non-hydrogen) atoms. The number of benzene rings is 1. The first-order chi connectivity index (χ1) is 8.73. The Labute approximate surface area is 123 Å². The number of hydrogen-bond donors (Lipinski definition) is 2. The predicted molar refractivity (Wildman–Crippen MR) is 78.9 cm³/mol. The normalized spacial score (nSPS) is 14.3. The van der Waals surface area contributed by atoms with Gasteiger partial charge in [0.2, 0.25) is 0 Å². The lowest BCUT2D eigenvalue weighted by atomic mass is 9.94. The van der Waals surface area contributed by atoms with E-state index >= 15 is 0 Å². The number of carbonyl (C=O) groups is 1. The fourth-order valence-corrected chi connectivity index (χ4v) is 2.38. The Bertz CT molecular complexity index is 459. The summed E-state index contributed by atoms with van der Waals surface area (Å²) >= 11 is 11.8. The number of aliphatic hydroxyl groups is 1. The number of rotatable bonds is 5. The lowest BCUT2D eigenvalue weighted by Crippen LogP contribution is -2.41. The first kappa shape index (κ1) is 16.3. The second-order valence-corrected chi connectivity index (χ2v) is 6.16. The van der Waals surface area contributed by atoms with Crippen LogP contribution in [0.25, 0.3) is 0 Å². The van der Waals surface area contributed by atoms with Crippen molar-refractivity contribution in [2.24, 2.45) is 5.92 Å². The minimum atomic E-state index is -0.936. The van der Waals surface area contributed by atoms with Gasteiger partial charge in [0, 0.05) is 6.54 Å². The van der Waals surface area contributed by atoms with Crippen LogP contribution < -0.4 is 5.32 Å². The highest BCUT2D eigenvalue weighted by Gasteiger charge is 2.23. The fraction of sp³-hybridized carbons (Fsp3) is 0.500. The van der Waals surface area contributed by atoms with Crippen LogP contribution in [-0.4, -0.2) is 23.2 Å². The molecule has 0 fully saturated rings. The van der Waals surface area contributed by atoms with Crippen LogP contribution in [0.5, 0.6) is 0 Å². The minimum absolute atomic E-state index is 0.173. The van der Waals surface area contributed by atoms with E-state index in [1.165, 1.54) is 0 Å². The number of carbonyl (C=O) groups excluding carboxylic acids is 1. The molecule has 0 radical (unpaired) electrons. The number of nitrogens with one attached hydrogen (secondary N) is 1. The van der Waals surface area contributed by atoms with Gasteiger partial charge < -0.3 is 10.4 Å². The van der Waals surface area contributed by atoms with E-state index in [1.54, 1.807) is 25.1 Å². The third kappa shape index (κ3) is 5.01. The van der Waals surface area contributed by atoms with Crippen LogP contribution in [-0.2, 0) is 0 Å². The van der Waals surface area contributed by atoms with Crippen LogP contribution in [0.15, 0.2) is 18.2 Å². The van der Waals surface area contributed by atoms with E-state index in [0.717, 1.165) is 0 Å². The highest BCUT2D eigenvalue weighted by molar-refractivity contribution is 6.43. The standard InChI is InChI=1S/C14H19Cl2NO2/c1-9(2)7-14(3,19)8-17-13(18)10-5-4-6-11(15)12(10)16/h4-6,9,19H,7-8H2,1-3H3,(H,17,18). The van der Waals surface area contributed by atoms with Crippen LogP contribution in [0.4, 0.5) is 0 Å². The first-order valence-corrected chi connectivity index (χ1v) is 6.93. The zero-order valence-electron chi connectivity index (χ0n) is 11.3. The van der Waals surface area contributed by atoms with Gasteiger partial charge in [-0.1, -0.05) is 43.1 Å². The fourth-order valence-electron chi connectivity index (χ4n) is 2.00. The maximum absolute atomic E-state index is 12.0. The third-order valence-corrected chi connectivity index (χ3v) is 3.49. The molecule has 1 aromatic carbocycles. The molecule has 0 heterocycles. The van der Waals surface area contributed by atoms with E-state index in [1.807, 2.05) is 13.8 Å². The zero-order chi connectivity index (χ0) is 14.6. The topological polar surface area (TPSA) is 49.3 Å². The summed E-state index contributed by atoms with van der Waals surface area (Å²) in [5.41, 5.74) is -0.621. The van der Waals surface area contributed by atoms with Crippen LogP contribution in [0.2, 0.25) is 10.0 Å². The average Bonchev–Trinajstić information content (AvgIpc) is 2.28. The van der Waals surface area contributed by atoms with Crippen LogP contribution >= 0.6 is 23.2 Å². The molecule has 0 aliphatic carbocycles. The van der Waals surface area contributed by atoms with Gasteiger partial charge in [0.15, 0.2) is 0 Å². The molecule has 0 aliphatic heterocycles. The van der Waals surface area contributed by atoms with Crippen molar-refractivity contribution in [2.75, 3.05) is 6.54 Å². The molecule has 1 unspecified atom stereocenters. The van der Waals surface area contributed by atoms with Gasteiger partial charge in [-0.25, -0.2) is 0 Å². The predicted octanol–water partition coefficient (Wildman–Crippen LogP) is 3.52. The smallest absolute Gasteiger partial charge is 0.252 e. The summed E-state index contributed by atoms with van der Waals surface area (Å²) < 4.78 is 0. The van der Waals surface area contributed by atoms with E-state index in [4.69, 9.17) is 23.2 Å². The van der Waals surface area contributed by atoms with Gasteiger partial charge in [-0.3, -0.25) is 4.79 Å². The van der Waals surface area contributed by atoms with Gasteiger partial charge in [-0.05, 0) is 31.4 Å². The summed E-state index contributed by atoms with van der Waals surface area (Å²) in [5, 5.41) is 13.4. The van der Waals surface area contributed by atoms with Crippen LogP contribution in [0.3, 0.4) is 0 Å². The van der Waals surface area contributed by atoms with Crippen LogP contribution in [0, 0.1) is 5.92 Å². The van der Waals surface area contributed by atoms with E-state index in [0.29, 0.717) is 22.9 Å². The van der Waals surface area contributed by atoms with Gasteiger partial charge in [-0.2, -0.15) is 0 Å². The quantitative estimate of drug-likeness (QED) is 0.874. The Morgan fingerprint density at radius 3 is 2.63 bits per heavy atom. The molecule has 5 heteroatoms. The van der Waals surface area contributed by atoms with Crippen molar-refractivity contribution in [2.45, 2.75) is 32.8 Å². The molecule has 1 rings (SSSR count). The molecular formula is C14H19Cl2NO2. The first-order valence-electron chi connectivity index (χ1n) is 6.17. The lowest BCUT2D eigenvalue weighted by Gasteiger charge is -2.25. The molecule has 0 spiro atoms. The molecule has 0 aliphatic rings. The second kappa shape index (κ2) is 6.60. The molecule has 1 atom stereocenters. The van der Waals surface area contributed by atoms with Gasteiger partial charge >= 0.3 is 0 Å². The molecule has 0 bridgehead atoms. The average molecular weight is 304 g/mol. The molecule has 3 nitrogen and oxygen atoms in total. The van der Waals surface area contributed by atoms with Crippen molar-refractivity contribution in [1.29, 1.82) is 0 Å². The van der Waals surface area contributed by atoms with Crippen molar-refractivity contribution >= 4 is 29.1 Å². The van der Waals surface area contributed by atoms with Crippen molar-refractivity contribution in [1.82, 2.24) is 5.32 Å². The molecule has 0 saturated carbocycles. The summed E-state index contributed by atoms with van der Waals surface area (Å²) in [6.45, 7) is 5.91. The molecule has 0 aromatic heterocycles. The SMILES string of the molecule is CC(C)CC(C)(O)CNC(=O)c1cccc(Cl)c1Cl. The monoisotopic (exact) mass is 303 g/mol. The van der Waals surface area contributed by atoms with Crippen molar-refractivity contribution in [3.8, 4) is 0 Å².